The molecule has 0 saturated carbocycles. The summed E-state index contributed by atoms with van der Waals surface area (Å²) in [6.07, 6.45) is 4.88. The number of rotatable bonds is 2. The summed E-state index contributed by atoms with van der Waals surface area (Å²) < 4.78 is 0. The largest absolute Gasteiger partial charge is 0.351 e. The Bertz CT molecular complexity index is 594. The second-order valence-corrected chi connectivity index (χ2v) is 6.42. The predicted molar refractivity (Wildman–Crippen MR) is 82.7 cm³/mol. The Morgan fingerprint density at radius 1 is 1.32 bits per heavy atom. The molecular formula is C16H22N4O2. The van der Waals surface area contributed by atoms with Crippen molar-refractivity contribution in [1.82, 2.24) is 14.9 Å². The fourth-order valence-corrected chi connectivity index (χ4v) is 3.23. The van der Waals surface area contributed by atoms with Crippen LogP contribution in [-0.4, -0.2) is 45.7 Å². The summed E-state index contributed by atoms with van der Waals surface area (Å²) in [5.41, 5.74) is 1.54. The van der Waals surface area contributed by atoms with E-state index in [0.29, 0.717) is 23.9 Å². The van der Waals surface area contributed by atoms with Crippen molar-refractivity contribution < 1.29 is 9.59 Å². The highest BCUT2D eigenvalue weighted by molar-refractivity contribution is 5.98. The number of anilines is 1. The minimum atomic E-state index is 0.135. The monoisotopic (exact) mass is 302 g/mol. The van der Waals surface area contributed by atoms with E-state index in [4.69, 9.17) is 0 Å². The first-order valence-electron chi connectivity index (χ1n) is 7.94. The van der Waals surface area contributed by atoms with E-state index in [1.165, 1.54) is 0 Å². The molecular weight excluding hydrogens is 280 g/mol. The van der Waals surface area contributed by atoms with Crippen molar-refractivity contribution in [3.63, 3.8) is 0 Å². The van der Waals surface area contributed by atoms with Crippen LogP contribution in [0.4, 0.5) is 5.95 Å². The minimum Gasteiger partial charge on any atom is -0.351 e. The maximum absolute atomic E-state index is 12.0. The third-order valence-electron chi connectivity index (χ3n) is 4.52. The van der Waals surface area contributed by atoms with Gasteiger partial charge in [-0.2, -0.15) is 0 Å². The lowest BCUT2D eigenvalue weighted by atomic mass is 9.88. The molecule has 2 aliphatic rings. The summed E-state index contributed by atoms with van der Waals surface area (Å²) in [4.78, 5) is 34.0. The summed E-state index contributed by atoms with van der Waals surface area (Å²) in [6.45, 7) is 5.23. The third-order valence-corrected chi connectivity index (χ3v) is 4.52. The van der Waals surface area contributed by atoms with Crippen molar-refractivity contribution in [2.24, 2.45) is 5.92 Å². The highest BCUT2D eigenvalue weighted by Gasteiger charge is 2.25. The summed E-state index contributed by atoms with van der Waals surface area (Å²) in [5.74, 6) is 1.23. The van der Waals surface area contributed by atoms with E-state index in [0.717, 1.165) is 38.0 Å². The van der Waals surface area contributed by atoms with Crippen LogP contribution < -0.4 is 5.32 Å². The number of piperidine rings is 1. The van der Waals surface area contributed by atoms with Crippen LogP contribution in [0.25, 0.3) is 0 Å². The average molecular weight is 302 g/mol. The summed E-state index contributed by atoms with van der Waals surface area (Å²) in [5, 5.41) is 3.35. The van der Waals surface area contributed by atoms with Gasteiger partial charge < -0.3 is 10.2 Å². The topological polar surface area (TPSA) is 75.2 Å². The smallest absolute Gasteiger partial charge is 0.223 e. The second-order valence-electron chi connectivity index (χ2n) is 6.42. The van der Waals surface area contributed by atoms with Gasteiger partial charge >= 0.3 is 0 Å². The van der Waals surface area contributed by atoms with Crippen LogP contribution in [0.3, 0.4) is 0 Å². The van der Waals surface area contributed by atoms with Crippen LogP contribution in [-0.2, 0) is 11.2 Å². The van der Waals surface area contributed by atoms with E-state index in [1.54, 1.807) is 13.1 Å². The number of amides is 1. The first-order valence-corrected chi connectivity index (χ1v) is 7.94. The van der Waals surface area contributed by atoms with Gasteiger partial charge in [0.2, 0.25) is 11.9 Å². The van der Waals surface area contributed by atoms with E-state index in [2.05, 4.69) is 22.2 Å². The number of aromatic nitrogens is 2. The molecule has 118 valence electrons. The Balaban J connectivity index is 1.66. The molecule has 1 atom stereocenters. The van der Waals surface area contributed by atoms with Crippen LogP contribution in [0, 0.1) is 5.92 Å². The van der Waals surface area contributed by atoms with Gasteiger partial charge in [0.05, 0.1) is 11.3 Å². The number of Topliss-reactive ketones (excluding diaryl/α,β-unsaturated/α-hetero) is 1. The molecule has 1 aromatic rings. The lowest BCUT2D eigenvalue weighted by molar-refractivity contribution is -0.129. The fourth-order valence-electron chi connectivity index (χ4n) is 3.23. The molecule has 0 radical (unpaired) electrons. The van der Waals surface area contributed by atoms with E-state index in [1.807, 2.05) is 4.90 Å². The van der Waals surface area contributed by atoms with Crippen LogP contribution >= 0.6 is 0 Å². The Labute approximate surface area is 130 Å². The van der Waals surface area contributed by atoms with Gasteiger partial charge in [0, 0.05) is 38.7 Å². The number of hydrogen-bond acceptors (Lipinski definition) is 5. The van der Waals surface area contributed by atoms with Gasteiger partial charge in [0.1, 0.15) is 0 Å². The molecule has 1 saturated heterocycles. The maximum atomic E-state index is 12.0. The first kappa shape index (κ1) is 14.9. The molecule has 0 bridgehead atoms. The highest BCUT2D eigenvalue weighted by Crippen LogP contribution is 2.24. The van der Waals surface area contributed by atoms with Crippen molar-refractivity contribution in [3.05, 3.63) is 17.5 Å². The van der Waals surface area contributed by atoms with Crippen molar-refractivity contribution in [2.75, 3.05) is 18.4 Å². The van der Waals surface area contributed by atoms with E-state index in [9.17, 15) is 9.59 Å². The molecule has 1 aliphatic heterocycles. The average Bonchev–Trinajstić information content (AvgIpc) is 2.47. The van der Waals surface area contributed by atoms with Crippen molar-refractivity contribution in [2.45, 2.75) is 45.6 Å². The van der Waals surface area contributed by atoms with Gasteiger partial charge in [0.15, 0.2) is 5.78 Å². The van der Waals surface area contributed by atoms with Gasteiger partial charge in [-0.05, 0) is 25.2 Å². The van der Waals surface area contributed by atoms with Crippen LogP contribution in [0.2, 0.25) is 0 Å². The van der Waals surface area contributed by atoms with Crippen LogP contribution in [0.5, 0.6) is 0 Å². The lowest BCUT2D eigenvalue weighted by Gasteiger charge is -2.31. The zero-order chi connectivity index (χ0) is 15.7. The van der Waals surface area contributed by atoms with Crippen molar-refractivity contribution in [1.29, 1.82) is 0 Å². The molecule has 1 N–H and O–H groups in total. The Morgan fingerprint density at radius 3 is 2.73 bits per heavy atom. The molecule has 1 aliphatic carbocycles. The van der Waals surface area contributed by atoms with Crippen molar-refractivity contribution in [3.8, 4) is 0 Å². The maximum Gasteiger partial charge on any atom is 0.223 e. The minimum absolute atomic E-state index is 0.135. The third kappa shape index (κ3) is 3.10. The van der Waals surface area contributed by atoms with Gasteiger partial charge in [-0.15, -0.1) is 0 Å². The summed E-state index contributed by atoms with van der Waals surface area (Å²) >= 11 is 0. The number of hydrogen-bond donors (Lipinski definition) is 1. The zero-order valence-electron chi connectivity index (χ0n) is 13.1. The molecule has 2 heterocycles. The number of nitrogens with one attached hydrogen (secondary N) is 1. The predicted octanol–water partition coefficient (Wildman–Crippen LogP) is 1.66. The number of carbonyl (C=O) groups is 2. The molecule has 6 nitrogen and oxygen atoms in total. The van der Waals surface area contributed by atoms with Gasteiger partial charge in [-0.1, -0.05) is 6.92 Å². The molecule has 1 unspecified atom stereocenters. The standard InChI is InChI=1S/C16H22N4O2/c1-10-7-14-13(15(22)8-10)9-17-16(19-14)18-12-3-5-20(6-4-12)11(2)21/h9-10,12H,3-8H2,1-2H3,(H,17,18,19). The Kier molecular flexibility index (Phi) is 4.09. The molecule has 22 heavy (non-hydrogen) atoms. The van der Waals surface area contributed by atoms with Crippen LogP contribution in [0.1, 0.15) is 49.2 Å². The van der Waals surface area contributed by atoms with E-state index >= 15 is 0 Å². The number of nitrogens with zero attached hydrogens (tertiary/aromatic N) is 3. The Morgan fingerprint density at radius 2 is 2.05 bits per heavy atom. The lowest BCUT2D eigenvalue weighted by Crippen LogP contribution is -2.41. The first-order chi connectivity index (χ1) is 10.5. The number of fused-ring (bicyclic) bond motifs is 1. The van der Waals surface area contributed by atoms with E-state index in [-0.39, 0.29) is 17.7 Å². The quantitative estimate of drug-likeness (QED) is 0.899. The molecule has 1 amide bonds. The number of carbonyl (C=O) groups excluding carboxylic acids is 2. The molecule has 6 heteroatoms. The molecule has 0 aromatic carbocycles. The second kappa shape index (κ2) is 6.02. The fraction of sp³-hybridized carbons (Fsp3) is 0.625. The van der Waals surface area contributed by atoms with Crippen LogP contribution in [0.15, 0.2) is 6.20 Å². The molecule has 3 rings (SSSR count). The zero-order valence-corrected chi connectivity index (χ0v) is 13.1. The number of likely N-dealkylation sites (tertiary alicyclic amines) is 1. The Hall–Kier alpha value is -1.98. The molecule has 0 spiro atoms. The molecule has 1 aromatic heterocycles. The normalized spacial score (nSPS) is 22.4. The van der Waals surface area contributed by atoms with Crippen molar-refractivity contribution >= 4 is 17.6 Å². The summed E-state index contributed by atoms with van der Waals surface area (Å²) in [6, 6.07) is 0.283. The summed E-state index contributed by atoms with van der Waals surface area (Å²) in [7, 11) is 0. The molecule has 1 fully saturated rings. The number of ketones is 1. The van der Waals surface area contributed by atoms with E-state index < -0.39 is 0 Å². The van der Waals surface area contributed by atoms with Gasteiger partial charge in [-0.3, -0.25) is 9.59 Å². The van der Waals surface area contributed by atoms with Gasteiger partial charge in [0.25, 0.3) is 0 Å². The highest BCUT2D eigenvalue weighted by atomic mass is 16.2. The van der Waals surface area contributed by atoms with Gasteiger partial charge in [-0.25, -0.2) is 9.97 Å². The SMILES string of the molecule is CC(=O)N1CCC(Nc2ncc3c(n2)CC(C)CC3=O)CC1.